The van der Waals surface area contributed by atoms with Crippen LogP contribution in [-0.4, -0.2) is 0 Å². The Balaban J connectivity index is 1.72. The highest BCUT2D eigenvalue weighted by Gasteiger charge is 2.57. The molecule has 3 heteroatoms. The highest BCUT2D eigenvalue weighted by atomic mass is 127. The van der Waals surface area contributed by atoms with Gasteiger partial charge in [0.15, 0.2) is 5.54 Å². The first-order valence-corrected chi connectivity index (χ1v) is 13.1. The van der Waals surface area contributed by atoms with E-state index in [-0.39, 0.29) is 11.0 Å². The fourth-order valence-electron chi connectivity index (χ4n) is 6.19. The van der Waals surface area contributed by atoms with Gasteiger partial charge in [0.05, 0.1) is 10.1 Å². The number of thioether (sulfide) groups is 1. The van der Waals surface area contributed by atoms with Crippen LogP contribution in [0.4, 0.5) is 0 Å². The molecule has 0 bridgehead atoms. The van der Waals surface area contributed by atoms with E-state index in [0.29, 0.717) is 21.0 Å². The third-order valence-electron chi connectivity index (χ3n) is 7.64. The quantitative estimate of drug-likeness (QED) is 0.209. The maximum absolute atomic E-state index is 2.72. The summed E-state index contributed by atoms with van der Waals surface area (Å²) in [7, 11) is 0. The number of nitrogens with zero attached hydrogens (tertiary/aromatic N) is 1. The Hall–Kier alpha value is -1.07. The molecule has 1 aliphatic carbocycles. The third kappa shape index (κ3) is 2.91. The largest absolute Gasteiger partial charge is 0.210 e. The van der Waals surface area contributed by atoms with E-state index < -0.39 is 0 Å². The van der Waals surface area contributed by atoms with Crippen molar-refractivity contribution in [2.24, 2.45) is 17.3 Å². The van der Waals surface area contributed by atoms with Gasteiger partial charge in [0.25, 0.3) is 0 Å². The van der Waals surface area contributed by atoms with Crippen molar-refractivity contribution in [1.29, 1.82) is 0 Å². The summed E-state index contributed by atoms with van der Waals surface area (Å²) in [6.07, 6.45) is 4.94. The minimum atomic E-state index is 0.0641. The number of hydrogen-bond acceptors (Lipinski definition) is 1. The number of allylic oxidation sites excluding steroid dienone is 4. The Labute approximate surface area is 199 Å². The summed E-state index contributed by atoms with van der Waals surface area (Å²) >= 11 is 4.75. The van der Waals surface area contributed by atoms with Gasteiger partial charge in [-0.1, -0.05) is 85.3 Å². The molecular weight excluding hydrogens is 497 g/mol. The predicted octanol–water partition coefficient (Wildman–Crippen LogP) is 7.67. The van der Waals surface area contributed by atoms with E-state index in [4.69, 9.17) is 0 Å². The average molecular weight is 529 g/mol. The summed E-state index contributed by atoms with van der Waals surface area (Å²) < 4.78 is 3.18. The molecule has 2 aliphatic heterocycles. The van der Waals surface area contributed by atoms with Crippen LogP contribution >= 0.6 is 34.4 Å². The van der Waals surface area contributed by atoms with Crippen LogP contribution in [0.5, 0.6) is 0 Å². The molecule has 30 heavy (non-hydrogen) atoms. The molecule has 0 amide bonds. The van der Waals surface area contributed by atoms with E-state index in [1.54, 1.807) is 0 Å². The van der Waals surface area contributed by atoms with Crippen LogP contribution in [0.3, 0.4) is 0 Å². The second-order valence-electron chi connectivity index (χ2n) is 10.4. The molecule has 1 aromatic heterocycles. The van der Waals surface area contributed by atoms with Gasteiger partial charge in [-0.05, 0) is 30.0 Å². The standard InChI is InChI=1S/C27H31INS/c1-16-14-19-20-12-13-21-24(23(28)25(30-21)18-10-8-7-9-11-18)29(20)27(5,6)17(2)22(19)26(3,4)15-16/h7-15,17,22-23,25H,1-6H3/q+1/t17?,22-,23?,25?/m1/s1. The molecule has 0 spiro atoms. The molecule has 3 aliphatic rings. The molecule has 4 atom stereocenters. The molecule has 0 saturated carbocycles. The van der Waals surface area contributed by atoms with Crippen molar-refractivity contribution in [3.05, 3.63) is 77.1 Å². The first-order valence-electron chi connectivity index (χ1n) is 11.0. The minimum absolute atomic E-state index is 0.0641. The van der Waals surface area contributed by atoms with Crippen molar-refractivity contribution in [1.82, 2.24) is 0 Å². The van der Waals surface area contributed by atoms with Gasteiger partial charge in [-0.3, -0.25) is 0 Å². The normalized spacial score (nSPS) is 30.6. The van der Waals surface area contributed by atoms with Gasteiger partial charge in [-0.15, -0.1) is 11.8 Å². The molecule has 0 saturated heterocycles. The first kappa shape index (κ1) is 20.8. The third-order valence-corrected chi connectivity index (χ3v) is 10.8. The van der Waals surface area contributed by atoms with E-state index >= 15 is 0 Å². The number of hydrogen-bond donors (Lipinski definition) is 0. The SMILES string of the molecule is CC1=CC(C)(C)[C@H]2C(=C1)c1ccc3c([n+]1C(C)(C)C2C)C(I)C(c1ccccc1)S3. The highest BCUT2D eigenvalue weighted by molar-refractivity contribution is 14.1. The van der Waals surface area contributed by atoms with Crippen molar-refractivity contribution < 1.29 is 4.57 Å². The molecule has 0 fully saturated rings. The molecule has 2 aromatic rings. The van der Waals surface area contributed by atoms with Crippen LogP contribution in [0.1, 0.15) is 67.7 Å². The number of benzene rings is 1. The van der Waals surface area contributed by atoms with Gasteiger partial charge in [0, 0.05) is 37.3 Å². The summed E-state index contributed by atoms with van der Waals surface area (Å²) in [5, 5.41) is 0.475. The van der Waals surface area contributed by atoms with E-state index in [9.17, 15) is 0 Å². The number of halogens is 1. The Bertz CT molecular complexity index is 1080. The lowest BCUT2D eigenvalue weighted by Gasteiger charge is -2.48. The Morgan fingerprint density at radius 3 is 2.40 bits per heavy atom. The van der Waals surface area contributed by atoms with Gasteiger partial charge in [0.1, 0.15) is 3.92 Å². The Kier molecular flexibility index (Phi) is 4.83. The topological polar surface area (TPSA) is 3.88 Å². The molecule has 1 aromatic carbocycles. The van der Waals surface area contributed by atoms with Crippen LogP contribution in [0.15, 0.2) is 65.1 Å². The second-order valence-corrected chi connectivity index (χ2v) is 12.9. The van der Waals surface area contributed by atoms with Crippen molar-refractivity contribution in [2.45, 2.75) is 61.2 Å². The lowest BCUT2D eigenvalue weighted by molar-refractivity contribution is -0.780. The van der Waals surface area contributed by atoms with E-state index in [0.717, 1.165) is 0 Å². The maximum atomic E-state index is 2.72. The number of pyridine rings is 1. The predicted molar refractivity (Wildman–Crippen MR) is 136 cm³/mol. The smallest absolute Gasteiger partial charge is 0.189 e. The summed E-state index contributed by atoms with van der Waals surface area (Å²) in [5.74, 6) is 1.09. The highest BCUT2D eigenvalue weighted by Crippen LogP contribution is 2.59. The zero-order valence-corrected chi connectivity index (χ0v) is 21.7. The first-order chi connectivity index (χ1) is 14.1. The molecule has 1 nitrogen and oxygen atoms in total. The molecule has 156 valence electrons. The number of fused-ring (bicyclic) bond motifs is 5. The van der Waals surface area contributed by atoms with Gasteiger partial charge in [0.2, 0.25) is 11.4 Å². The van der Waals surface area contributed by atoms with Crippen LogP contribution < -0.4 is 4.57 Å². The van der Waals surface area contributed by atoms with Gasteiger partial charge in [-0.2, -0.15) is 4.57 Å². The van der Waals surface area contributed by atoms with Crippen molar-refractivity contribution in [2.75, 3.05) is 0 Å². The van der Waals surface area contributed by atoms with Gasteiger partial charge >= 0.3 is 0 Å². The zero-order chi connectivity index (χ0) is 21.4. The number of aromatic nitrogens is 1. The van der Waals surface area contributed by atoms with Crippen molar-refractivity contribution >= 4 is 39.9 Å². The molecular formula is C27H31INS+. The molecule has 0 radical (unpaired) electrons. The second kappa shape index (κ2) is 6.96. The fourth-order valence-corrected chi connectivity index (χ4v) is 9.17. The Morgan fingerprint density at radius 2 is 1.70 bits per heavy atom. The lowest BCUT2D eigenvalue weighted by atomic mass is 9.58. The van der Waals surface area contributed by atoms with Crippen LogP contribution in [-0.2, 0) is 5.54 Å². The molecule has 3 heterocycles. The van der Waals surface area contributed by atoms with Crippen LogP contribution in [0.2, 0.25) is 0 Å². The average Bonchev–Trinajstić information content (AvgIpc) is 3.02. The number of alkyl halides is 1. The van der Waals surface area contributed by atoms with Crippen LogP contribution in [0, 0.1) is 17.3 Å². The Morgan fingerprint density at radius 1 is 1.00 bits per heavy atom. The van der Waals surface area contributed by atoms with E-state index in [1.165, 1.54) is 33.0 Å². The van der Waals surface area contributed by atoms with Gasteiger partial charge in [-0.25, -0.2) is 0 Å². The summed E-state index contributed by atoms with van der Waals surface area (Å²) in [5.41, 5.74) is 7.55. The minimum Gasteiger partial charge on any atom is -0.189 e. The molecule has 5 rings (SSSR count). The van der Waals surface area contributed by atoms with Gasteiger partial charge < -0.3 is 0 Å². The van der Waals surface area contributed by atoms with Crippen molar-refractivity contribution in [3.8, 4) is 0 Å². The molecule has 0 N–H and O–H groups in total. The maximum Gasteiger partial charge on any atom is 0.210 e. The van der Waals surface area contributed by atoms with E-state index in [1.807, 2.05) is 11.8 Å². The van der Waals surface area contributed by atoms with E-state index in [2.05, 4.69) is 123 Å². The summed E-state index contributed by atoms with van der Waals surface area (Å²) in [6.45, 7) is 14.5. The zero-order valence-electron chi connectivity index (χ0n) is 18.7. The lowest BCUT2D eigenvalue weighted by Crippen LogP contribution is -2.66. The molecule has 3 unspecified atom stereocenters. The number of rotatable bonds is 1. The summed E-state index contributed by atoms with van der Waals surface area (Å²) in [4.78, 5) is 1.45. The summed E-state index contributed by atoms with van der Waals surface area (Å²) in [6, 6.07) is 15.8. The monoisotopic (exact) mass is 528 g/mol. The van der Waals surface area contributed by atoms with Crippen molar-refractivity contribution in [3.63, 3.8) is 0 Å². The fraction of sp³-hybridized carbons (Fsp3) is 0.444. The van der Waals surface area contributed by atoms with Crippen LogP contribution in [0.25, 0.3) is 5.57 Å².